The molecule has 3 rings (SSSR count). The highest BCUT2D eigenvalue weighted by Gasteiger charge is 2.22. The number of hydrogen-bond donors (Lipinski definition) is 1. The molecule has 1 N–H and O–H groups in total. The quantitative estimate of drug-likeness (QED) is 0.739. The van der Waals surface area contributed by atoms with Crippen molar-refractivity contribution in [2.45, 2.75) is 26.8 Å². The second-order valence-electron chi connectivity index (χ2n) is 7.09. The van der Waals surface area contributed by atoms with Gasteiger partial charge < -0.3 is 4.74 Å². The van der Waals surface area contributed by atoms with Crippen LogP contribution in [0.25, 0.3) is 0 Å². The molecule has 140 valence electrons. The molecule has 0 unspecified atom stereocenters. The van der Waals surface area contributed by atoms with Crippen molar-refractivity contribution >= 4 is 38.3 Å². The maximum absolute atomic E-state index is 12.4. The van der Waals surface area contributed by atoms with Gasteiger partial charge in [0.25, 0.3) is 5.91 Å². The van der Waals surface area contributed by atoms with Crippen molar-refractivity contribution in [1.29, 1.82) is 0 Å². The highest BCUT2D eigenvalue weighted by Crippen LogP contribution is 2.27. The van der Waals surface area contributed by atoms with Crippen molar-refractivity contribution in [3.8, 4) is 5.75 Å². The number of nitrogens with zero attached hydrogens (tertiary/aromatic N) is 2. The third kappa shape index (κ3) is 4.84. The van der Waals surface area contributed by atoms with E-state index in [2.05, 4.69) is 45.0 Å². The van der Waals surface area contributed by atoms with E-state index >= 15 is 0 Å². The summed E-state index contributed by atoms with van der Waals surface area (Å²) in [5.74, 6) is 1.98. The Morgan fingerprint density at radius 2 is 2.12 bits per heavy atom. The number of likely N-dealkylation sites (tertiary alicyclic amines) is 1. The van der Waals surface area contributed by atoms with Gasteiger partial charge in [0.2, 0.25) is 0 Å². The van der Waals surface area contributed by atoms with Crippen LogP contribution in [0.15, 0.2) is 28.1 Å². The molecule has 2 heterocycles. The topological polar surface area (TPSA) is 54.5 Å². The van der Waals surface area contributed by atoms with E-state index in [4.69, 9.17) is 4.74 Å². The van der Waals surface area contributed by atoms with Gasteiger partial charge in [-0.15, -0.1) is 11.3 Å². The van der Waals surface area contributed by atoms with E-state index in [9.17, 15) is 4.79 Å². The number of hydrogen-bond acceptors (Lipinski definition) is 5. The van der Waals surface area contributed by atoms with Crippen molar-refractivity contribution in [3.05, 3.63) is 39.3 Å². The third-order valence-corrected chi connectivity index (χ3v) is 5.94. The number of carbonyl (C=O) groups excluding carboxylic acids is 1. The van der Waals surface area contributed by atoms with Crippen molar-refractivity contribution in [2.24, 2.45) is 11.8 Å². The minimum Gasteiger partial charge on any atom is -0.496 e. The molecule has 0 bridgehead atoms. The van der Waals surface area contributed by atoms with Crippen LogP contribution in [-0.4, -0.2) is 36.0 Å². The lowest BCUT2D eigenvalue weighted by Gasteiger charge is -2.34. The Morgan fingerprint density at radius 3 is 2.77 bits per heavy atom. The SMILES string of the molecule is COc1ccc(C(=O)Nc2nc(CN3C[C@@H](C)C[C@H](C)C3)cs2)cc1Br. The second kappa shape index (κ2) is 8.50. The Labute approximate surface area is 166 Å². The third-order valence-electron chi connectivity index (χ3n) is 4.52. The monoisotopic (exact) mass is 437 g/mol. The molecule has 7 heteroatoms. The number of benzene rings is 1. The van der Waals surface area contributed by atoms with Gasteiger partial charge in [-0.25, -0.2) is 4.98 Å². The Balaban J connectivity index is 1.61. The number of halogens is 1. The Hall–Kier alpha value is -1.44. The molecule has 0 spiro atoms. The number of aromatic nitrogens is 1. The number of thiazole rings is 1. The molecule has 0 saturated carbocycles. The van der Waals surface area contributed by atoms with Crippen LogP contribution in [-0.2, 0) is 6.54 Å². The number of methoxy groups -OCH3 is 1. The van der Waals surface area contributed by atoms with Crippen molar-refractivity contribution in [1.82, 2.24) is 9.88 Å². The molecule has 2 atom stereocenters. The van der Waals surface area contributed by atoms with Gasteiger partial charge in [-0.1, -0.05) is 13.8 Å². The average molecular weight is 438 g/mol. The average Bonchev–Trinajstić information content (AvgIpc) is 3.00. The zero-order valence-electron chi connectivity index (χ0n) is 15.3. The van der Waals surface area contributed by atoms with Gasteiger partial charge in [-0.3, -0.25) is 15.0 Å². The summed E-state index contributed by atoms with van der Waals surface area (Å²) < 4.78 is 5.95. The van der Waals surface area contributed by atoms with E-state index in [-0.39, 0.29) is 5.91 Å². The van der Waals surface area contributed by atoms with Gasteiger partial charge in [0.1, 0.15) is 5.75 Å². The van der Waals surface area contributed by atoms with Gasteiger partial charge in [-0.05, 0) is 52.4 Å². The van der Waals surface area contributed by atoms with Gasteiger partial charge in [0.15, 0.2) is 5.13 Å². The minimum atomic E-state index is -0.172. The Bertz CT molecular complexity index is 770. The number of nitrogens with one attached hydrogen (secondary N) is 1. The molecular formula is C19H24BrN3O2S. The lowest BCUT2D eigenvalue weighted by Crippen LogP contribution is -2.38. The van der Waals surface area contributed by atoms with E-state index in [1.165, 1.54) is 17.8 Å². The van der Waals surface area contributed by atoms with Crippen LogP contribution in [0.3, 0.4) is 0 Å². The standard InChI is InChI=1S/C19H24BrN3O2S/c1-12-6-13(2)9-23(8-12)10-15-11-26-19(21-15)22-18(24)14-4-5-17(25-3)16(20)7-14/h4-5,7,11-13H,6,8-10H2,1-3H3,(H,21,22,24)/t12-,13-/m0/s1. The summed E-state index contributed by atoms with van der Waals surface area (Å²) in [4.78, 5) is 19.5. The largest absolute Gasteiger partial charge is 0.496 e. The predicted octanol–water partition coefficient (Wildman–Crippen LogP) is 4.64. The molecular weight excluding hydrogens is 414 g/mol. The summed E-state index contributed by atoms with van der Waals surface area (Å²) in [6.45, 7) is 7.69. The first-order valence-electron chi connectivity index (χ1n) is 8.76. The van der Waals surface area contributed by atoms with E-state index in [0.29, 0.717) is 16.4 Å². The van der Waals surface area contributed by atoms with Crippen LogP contribution in [0.4, 0.5) is 5.13 Å². The maximum Gasteiger partial charge on any atom is 0.257 e. The summed E-state index contributed by atoms with van der Waals surface area (Å²) in [6.07, 6.45) is 1.30. The Morgan fingerprint density at radius 1 is 1.38 bits per heavy atom. The number of carbonyl (C=O) groups is 1. The molecule has 1 aliphatic heterocycles. The van der Waals surface area contributed by atoms with Crippen LogP contribution >= 0.6 is 27.3 Å². The highest BCUT2D eigenvalue weighted by atomic mass is 79.9. The number of amides is 1. The number of rotatable bonds is 5. The summed E-state index contributed by atoms with van der Waals surface area (Å²) in [5.41, 5.74) is 1.58. The van der Waals surface area contributed by atoms with Crippen molar-refractivity contribution in [2.75, 3.05) is 25.5 Å². The summed E-state index contributed by atoms with van der Waals surface area (Å²) in [6, 6.07) is 5.26. The van der Waals surface area contributed by atoms with Gasteiger partial charge >= 0.3 is 0 Å². The van der Waals surface area contributed by atoms with Gasteiger partial charge in [0, 0.05) is 30.6 Å². The lowest BCUT2D eigenvalue weighted by molar-refractivity contribution is 0.102. The van der Waals surface area contributed by atoms with Crippen molar-refractivity contribution in [3.63, 3.8) is 0 Å². The zero-order chi connectivity index (χ0) is 18.7. The second-order valence-corrected chi connectivity index (χ2v) is 8.80. The first-order valence-corrected chi connectivity index (χ1v) is 10.4. The molecule has 2 aromatic rings. The Kier molecular flexibility index (Phi) is 6.32. The van der Waals surface area contributed by atoms with Crippen LogP contribution in [0.2, 0.25) is 0 Å². The van der Waals surface area contributed by atoms with Crippen LogP contribution in [0.1, 0.15) is 36.3 Å². The molecule has 1 amide bonds. The fourth-order valence-electron chi connectivity index (χ4n) is 3.56. The molecule has 5 nitrogen and oxygen atoms in total. The number of ether oxygens (including phenoxy) is 1. The predicted molar refractivity (Wildman–Crippen MR) is 109 cm³/mol. The maximum atomic E-state index is 12.4. The smallest absolute Gasteiger partial charge is 0.257 e. The number of anilines is 1. The van der Waals surface area contributed by atoms with Crippen LogP contribution in [0.5, 0.6) is 5.75 Å². The molecule has 1 fully saturated rings. The molecule has 1 aromatic heterocycles. The van der Waals surface area contributed by atoms with Crippen LogP contribution < -0.4 is 10.1 Å². The van der Waals surface area contributed by atoms with Crippen LogP contribution in [0, 0.1) is 11.8 Å². The fraction of sp³-hybridized carbons (Fsp3) is 0.474. The van der Waals surface area contributed by atoms with Crippen molar-refractivity contribution < 1.29 is 9.53 Å². The molecule has 1 aliphatic rings. The van der Waals surface area contributed by atoms with Gasteiger partial charge in [-0.2, -0.15) is 0 Å². The minimum absolute atomic E-state index is 0.172. The van der Waals surface area contributed by atoms with E-state index < -0.39 is 0 Å². The first-order chi connectivity index (χ1) is 12.4. The zero-order valence-corrected chi connectivity index (χ0v) is 17.7. The molecule has 26 heavy (non-hydrogen) atoms. The molecule has 1 aromatic carbocycles. The molecule has 1 saturated heterocycles. The highest BCUT2D eigenvalue weighted by molar-refractivity contribution is 9.10. The summed E-state index contributed by atoms with van der Waals surface area (Å²) in [7, 11) is 1.60. The fourth-order valence-corrected chi connectivity index (χ4v) is 4.80. The molecule has 0 aliphatic carbocycles. The van der Waals surface area contributed by atoms with E-state index in [0.717, 1.165) is 41.6 Å². The summed E-state index contributed by atoms with van der Waals surface area (Å²) >= 11 is 4.87. The molecule has 0 radical (unpaired) electrons. The first kappa shape index (κ1) is 19.3. The van der Waals surface area contributed by atoms with E-state index in [1.807, 2.05) is 5.38 Å². The summed E-state index contributed by atoms with van der Waals surface area (Å²) in [5, 5.41) is 5.55. The lowest BCUT2D eigenvalue weighted by atomic mass is 9.92. The van der Waals surface area contributed by atoms with E-state index in [1.54, 1.807) is 25.3 Å². The normalized spacial score (nSPS) is 20.8. The number of piperidine rings is 1. The van der Waals surface area contributed by atoms with Gasteiger partial charge in [0.05, 0.1) is 17.3 Å².